The summed E-state index contributed by atoms with van der Waals surface area (Å²) in [6.45, 7) is 2.49. The molecule has 0 aliphatic heterocycles. The average molecular weight is 427 g/mol. The Morgan fingerprint density at radius 2 is 1.83 bits per heavy atom. The first-order chi connectivity index (χ1) is 11.1. The van der Waals surface area contributed by atoms with Gasteiger partial charge in [0.2, 0.25) is 0 Å². The van der Waals surface area contributed by atoms with Crippen molar-refractivity contribution in [2.75, 3.05) is 26.1 Å². The van der Waals surface area contributed by atoms with Gasteiger partial charge in [0.1, 0.15) is 5.75 Å². The molecular formula is C17H18INO4. The Hall–Kier alpha value is -1.96. The molecule has 122 valence electrons. The molecule has 0 heterocycles. The lowest BCUT2D eigenvalue weighted by Crippen LogP contribution is -2.14. The molecule has 2 aromatic carbocycles. The first-order valence-corrected chi connectivity index (χ1v) is 8.12. The van der Waals surface area contributed by atoms with Crippen LogP contribution >= 0.6 is 22.6 Å². The van der Waals surface area contributed by atoms with E-state index < -0.39 is 0 Å². The molecule has 6 heteroatoms. The second-order valence-electron chi connectivity index (χ2n) is 4.60. The quantitative estimate of drug-likeness (QED) is 0.710. The van der Waals surface area contributed by atoms with Crippen LogP contribution in [0.2, 0.25) is 0 Å². The minimum atomic E-state index is -0.219. The van der Waals surface area contributed by atoms with Gasteiger partial charge in [-0.2, -0.15) is 0 Å². The van der Waals surface area contributed by atoms with E-state index in [1.165, 1.54) is 7.11 Å². The molecule has 1 N–H and O–H groups in total. The second kappa shape index (κ2) is 8.05. The Kier molecular flexibility index (Phi) is 6.09. The molecule has 2 rings (SSSR count). The van der Waals surface area contributed by atoms with E-state index in [4.69, 9.17) is 14.2 Å². The third-order valence-corrected chi connectivity index (χ3v) is 4.01. The molecule has 5 nitrogen and oxygen atoms in total. The van der Waals surface area contributed by atoms with Crippen LogP contribution in [0.1, 0.15) is 17.3 Å². The lowest BCUT2D eigenvalue weighted by atomic mass is 10.1. The number of ether oxygens (including phenoxy) is 3. The topological polar surface area (TPSA) is 56.8 Å². The van der Waals surface area contributed by atoms with Crippen LogP contribution in [0.25, 0.3) is 0 Å². The van der Waals surface area contributed by atoms with Crippen LogP contribution in [-0.4, -0.2) is 26.7 Å². The van der Waals surface area contributed by atoms with E-state index in [1.807, 2.05) is 25.1 Å². The van der Waals surface area contributed by atoms with Crippen molar-refractivity contribution in [1.82, 2.24) is 0 Å². The molecule has 0 saturated carbocycles. The Morgan fingerprint density at radius 3 is 2.48 bits per heavy atom. The number of halogens is 1. The minimum absolute atomic E-state index is 0.219. The van der Waals surface area contributed by atoms with Crippen LogP contribution in [-0.2, 0) is 0 Å². The molecule has 0 atom stereocenters. The monoisotopic (exact) mass is 427 g/mol. The summed E-state index contributed by atoms with van der Waals surface area (Å²) < 4.78 is 16.7. The molecule has 23 heavy (non-hydrogen) atoms. The van der Waals surface area contributed by atoms with Crippen LogP contribution in [0.5, 0.6) is 17.2 Å². The molecule has 2 aromatic rings. The zero-order valence-electron chi connectivity index (χ0n) is 13.2. The van der Waals surface area contributed by atoms with Gasteiger partial charge in [-0.25, -0.2) is 0 Å². The number of rotatable bonds is 6. The fraction of sp³-hybridized carbons (Fsp3) is 0.235. The van der Waals surface area contributed by atoms with Crippen LogP contribution in [0.3, 0.4) is 0 Å². The number of hydrogen-bond acceptors (Lipinski definition) is 4. The molecule has 0 aromatic heterocycles. The van der Waals surface area contributed by atoms with E-state index in [-0.39, 0.29) is 5.91 Å². The van der Waals surface area contributed by atoms with Crippen LogP contribution < -0.4 is 19.5 Å². The maximum atomic E-state index is 12.5. The molecule has 0 aliphatic rings. The fourth-order valence-corrected chi connectivity index (χ4v) is 2.74. The van der Waals surface area contributed by atoms with Crippen molar-refractivity contribution in [3.8, 4) is 17.2 Å². The normalized spacial score (nSPS) is 10.1. The summed E-state index contributed by atoms with van der Waals surface area (Å²) in [7, 11) is 3.10. The van der Waals surface area contributed by atoms with Crippen LogP contribution in [0.15, 0.2) is 36.4 Å². The van der Waals surface area contributed by atoms with Crippen LogP contribution in [0, 0.1) is 3.57 Å². The number of benzene rings is 2. The lowest BCUT2D eigenvalue weighted by molar-refractivity contribution is 0.102. The number of anilines is 1. The SMILES string of the molecule is CCOc1cccc(NC(=O)c2cc(OC)c(OC)cc2I)c1. The van der Waals surface area contributed by atoms with Gasteiger partial charge in [0.05, 0.1) is 26.4 Å². The Labute approximate surface area is 149 Å². The molecule has 0 spiro atoms. The molecular weight excluding hydrogens is 409 g/mol. The number of carbonyl (C=O) groups is 1. The van der Waals surface area contributed by atoms with E-state index >= 15 is 0 Å². The Bertz CT molecular complexity index is 703. The summed E-state index contributed by atoms with van der Waals surface area (Å²) in [5.41, 5.74) is 1.19. The molecule has 0 fully saturated rings. The number of amides is 1. The van der Waals surface area contributed by atoms with Gasteiger partial charge in [-0.05, 0) is 53.8 Å². The zero-order valence-corrected chi connectivity index (χ0v) is 15.3. The third kappa shape index (κ3) is 4.28. The van der Waals surface area contributed by atoms with Gasteiger partial charge in [-0.15, -0.1) is 0 Å². The molecule has 0 radical (unpaired) electrons. The van der Waals surface area contributed by atoms with Gasteiger partial charge < -0.3 is 19.5 Å². The number of methoxy groups -OCH3 is 2. The van der Waals surface area contributed by atoms with E-state index in [2.05, 4.69) is 27.9 Å². The van der Waals surface area contributed by atoms with Crippen molar-refractivity contribution < 1.29 is 19.0 Å². The number of nitrogens with one attached hydrogen (secondary N) is 1. The smallest absolute Gasteiger partial charge is 0.256 e. The van der Waals surface area contributed by atoms with E-state index in [0.29, 0.717) is 35.1 Å². The minimum Gasteiger partial charge on any atom is -0.494 e. The third-order valence-electron chi connectivity index (χ3n) is 3.12. The van der Waals surface area contributed by atoms with E-state index in [9.17, 15) is 4.79 Å². The molecule has 1 amide bonds. The van der Waals surface area contributed by atoms with Gasteiger partial charge in [-0.1, -0.05) is 6.07 Å². The summed E-state index contributed by atoms with van der Waals surface area (Å²) >= 11 is 2.10. The standard InChI is InChI=1S/C17H18INO4/c1-4-23-12-7-5-6-11(8-12)19-17(20)13-9-15(21-2)16(22-3)10-14(13)18/h5-10H,4H2,1-3H3,(H,19,20). The average Bonchev–Trinajstić information content (AvgIpc) is 2.55. The highest BCUT2D eigenvalue weighted by Crippen LogP contribution is 2.31. The molecule has 0 bridgehead atoms. The number of carbonyl (C=O) groups excluding carboxylic acids is 1. The maximum Gasteiger partial charge on any atom is 0.256 e. The largest absolute Gasteiger partial charge is 0.494 e. The number of hydrogen-bond donors (Lipinski definition) is 1. The van der Waals surface area contributed by atoms with Crippen molar-refractivity contribution in [2.24, 2.45) is 0 Å². The van der Waals surface area contributed by atoms with Gasteiger partial charge in [0.15, 0.2) is 11.5 Å². The summed E-state index contributed by atoms with van der Waals surface area (Å²) in [6, 6.07) is 10.7. The van der Waals surface area contributed by atoms with Crippen molar-refractivity contribution in [1.29, 1.82) is 0 Å². The predicted octanol–water partition coefficient (Wildman–Crippen LogP) is 3.96. The highest BCUT2D eigenvalue weighted by atomic mass is 127. The second-order valence-corrected chi connectivity index (χ2v) is 5.76. The predicted molar refractivity (Wildman–Crippen MR) is 97.8 cm³/mol. The van der Waals surface area contributed by atoms with E-state index in [0.717, 1.165) is 3.57 Å². The van der Waals surface area contributed by atoms with Crippen molar-refractivity contribution >= 4 is 34.2 Å². The summed E-state index contributed by atoms with van der Waals surface area (Å²) in [4.78, 5) is 12.5. The Morgan fingerprint density at radius 1 is 1.13 bits per heavy atom. The van der Waals surface area contributed by atoms with Crippen molar-refractivity contribution in [3.63, 3.8) is 0 Å². The fourth-order valence-electron chi connectivity index (χ4n) is 2.06. The summed E-state index contributed by atoms with van der Waals surface area (Å²) in [6.07, 6.45) is 0. The van der Waals surface area contributed by atoms with Gasteiger partial charge in [0.25, 0.3) is 5.91 Å². The lowest BCUT2D eigenvalue weighted by Gasteiger charge is -2.12. The molecule has 0 aliphatic carbocycles. The zero-order chi connectivity index (χ0) is 16.8. The first kappa shape index (κ1) is 17.4. The van der Waals surface area contributed by atoms with Crippen molar-refractivity contribution in [3.05, 3.63) is 45.5 Å². The van der Waals surface area contributed by atoms with Gasteiger partial charge in [-0.3, -0.25) is 4.79 Å². The van der Waals surface area contributed by atoms with Crippen LogP contribution in [0.4, 0.5) is 5.69 Å². The highest BCUT2D eigenvalue weighted by molar-refractivity contribution is 14.1. The van der Waals surface area contributed by atoms with Crippen molar-refractivity contribution in [2.45, 2.75) is 6.92 Å². The van der Waals surface area contributed by atoms with E-state index in [1.54, 1.807) is 25.3 Å². The molecule has 0 unspecified atom stereocenters. The first-order valence-electron chi connectivity index (χ1n) is 7.04. The van der Waals surface area contributed by atoms with Gasteiger partial charge in [0, 0.05) is 15.3 Å². The maximum absolute atomic E-state index is 12.5. The van der Waals surface area contributed by atoms with Gasteiger partial charge >= 0.3 is 0 Å². The summed E-state index contributed by atoms with van der Waals surface area (Å²) in [5.74, 6) is 1.60. The summed E-state index contributed by atoms with van der Waals surface area (Å²) in [5, 5.41) is 2.87. The molecule has 0 saturated heterocycles. The Balaban J connectivity index is 2.25. The highest BCUT2D eigenvalue weighted by Gasteiger charge is 2.15.